The van der Waals surface area contributed by atoms with Crippen LogP contribution in [0.3, 0.4) is 0 Å². The summed E-state index contributed by atoms with van der Waals surface area (Å²) >= 11 is 0. The first-order valence-corrected chi connectivity index (χ1v) is 13.0. The van der Waals surface area contributed by atoms with Gasteiger partial charge in [0.05, 0.1) is 6.10 Å². The zero-order valence-corrected chi connectivity index (χ0v) is 21.2. The first-order valence-electron chi connectivity index (χ1n) is 13.0. The quantitative estimate of drug-likeness (QED) is 0.657. The van der Waals surface area contributed by atoms with Crippen molar-refractivity contribution in [2.45, 2.75) is 88.6 Å². The summed E-state index contributed by atoms with van der Waals surface area (Å²) in [5.41, 5.74) is 2.79. The fourth-order valence-electron chi connectivity index (χ4n) is 7.06. The van der Waals surface area contributed by atoms with E-state index in [0.717, 1.165) is 58.2 Å². The lowest BCUT2D eigenvalue weighted by atomic mass is 9.68. The first kappa shape index (κ1) is 23.5. The Kier molecular flexibility index (Phi) is 6.25. The average molecular weight is 469 g/mol. The van der Waals surface area contributed by atoms with E-state index in [1.165, 1.54) is 11.1 Å². The van der Waals surface area contributed by atoms with Crippen LogP contribution in [-0.4, -0.2) is 89.7 Å². The summed E-state index contributed by atoms with van der Waals surface area (Å²) in [5.74, 6) is 0. The second-order valence-corrected chi connectivity index (χ2v) is 11.4. The van der Waals surface area contributed by atoms with Crippen LogP contribution < -0.4 is 0 Å². The number of piperidine rings is 2. The molecule has 1 spiro atoms. The maximum Gasteiger partial charge on any atom is 0.410 e. The highest BCUT2D eigenvalue weighted by Gasteiger charge is 2.48. The molecule has 4 heterocycles. The fraction of sp³-hybridized carbons (Fsp3) is 0.704. The van der Waals surface area contributed by atoms with Crippen LogP contribution in [0.25, 0.3) is 0 Å². The molecule has 0 N–H and O–H groups in total. The molecule has 2 atom stereocenters. The van der Waals surface area contributed by atoms with Crippen LogP contribution >= 0.6 is 0 Å². The van der Waals surface area contributed by atoms with Gasteiger partial charge in [0.15, 0.2) is 0 Å². The molecule has 4 aliphatic rings. The van der Waals surface area contributed by atoms with Crippen molar-refractivity contribution in [3.05, 3.63) is 35.4 Å². The van der Waals surface area contributed by atoms with Gasteiger partial charge < -0.3 is 24.3 Å². The third-order valence-electron chi connectivity index (χ3n) is 8.62. The number of nitrogens with zero attached hydrogens (tertiary/aromatic N) is 4. The Bertz CT molecular complexity index is 910. The molecule has 1 aromatic carbocycles. The van der Waals surface area contributed by atoms with Gasteiger partial charge in [-0.05, 0) is 76.6 Å². The number of amides is 3. The monoisotopic (exact) mass is 468 g/mol. The largest absolute Gasteiger partial charge is 0.447 e. The Morgan fingerprint density at radius 1 is 1.03 bits per heavy atom. The zero-order valence-electron chi connectivity index (χ0n) is 21.2. The number of likely N-dealkylation sites (tertiary alicyclic amines) is 1. The zero-order chi connectivity index (χ0) is 24.0. The molecule has 2 bridgehead atoms. The highest BCUT2D eigenvalue weighted by atomic mass is 16.6. The highest BCUT2D eigenvalue weighted by molar-refractivity contribution is 5.74. The van der Waals surface area contributed by atoms with Gasteiger partial charge in [-0.2, -0.15) is 0 Å². The van der Waals surface area contributed by atoms with Gasteiger partial charge >= 0.3 is 12.1 Å². The topological polar surface area (TPSA) is 56.3 Å². The van der Waals surface area contributed by atoms with E-state index < -0.39 is 0 Å². The van der Waals surface area contributed by atoms with Crippen molar-refractivity contribution >= 4 is 12.1 Å². The Labute approximate surface area is 204 Å². The molecule has 3 amide bonds. The molecule has 0 aliphatic carbocycles. The summed E-state index contributed by atoms with van der Waals surface area (Å²) in [7, 11) is 3.69. The van der Waals surface area contributed by atoms with E-state index >= 15 is 0 Å². The average Bonchev–Trinajstić information content (AvgIpc) is 3.08. The molecule has 34 heavy (non-hydrogen) atoms. The third kappa shape index (κ3) is 4.16. The van der Waals surface area contributed by atoms with Crippen LogP contribution in [0.5, 0.6) is 0 Å². The fourth-order valence-corrected chi connectivity index (χ4v) is 7.06. The standard InChI is InChI=1S/C27H40N4O3/c1-19(2)34-26(33)31-21-9-10-22(31)16-23(15-21)29-13-11-27(12-14-29)18-30(25(32)28(3)4)17-20-7-5-6-8-24(20)27/h5-8,19,21-23H,9-18H2,1-4H3. The molecular formula is C27H40N4O3. The van der Waals surface area contributed by atoms with Crippen LogP contribution in [0, 0.1) is 0 Å². The van der Waals surface area contributed by atoms with Gasteiger partial charge in [0, 0.05) is 50.7 Å². The van der Waals surface area contributed by atoms with Crippen molar-refractivity contribution < 1.29 is 14.3 Å². The van der Waals surface area contributed by atoms with E-state index in [1.807, 2.05) is 37.7 Å². The highest BCUT2D eigenvalue weighted by Crippen LogP contribution is 2.44. The molecule has 3 fully saturated rings. The molecule has 5 rings (SSSR count). The van der Waals surface area contributed by atoms with Gasteiger partial charge in [0.1, 0.15) is 0 Å². The molecule has 1 aromatic rings. The van der Waals surface area contributed by atoms with Crippen molar-refractivity contribution in [3.8, 4) is 0 Å². The van der Waals surface area contributed by atoms with E-state index in [2.05, 4.69) is 29.2 Å². The number of rotatable bonds is 2. The number of urea groups is 1. The smallest absolute Gasteiger partial charge is 0.410 e. The van der Waals surface area contributed by atoms with Crippen molar-refractivity contribution in [2.24, 2.45) is 0 Å². The van der Waals surface area contributed by atoms with Crippen LogP contribution in [-0.2, 0) is 16.7 Å². The molecule has 2 unspecified atom stereocenters. The number of ether oxygens (including phenoxy) is 1. The lowest BCUT2D eigenvalue weighted by Gasteiger charge is -2.51. The Hall–Kier alpha value is -2.28. The van der Waals surface area contributed by atoms with Gasteiger partial charge in [-0.3, -0.25) is 0 Å². The number of benzene rings is 1. The Morgan fingerprint density at radius 3 is 2.29 bits per heavy atom. The van der Waals surface area contributed by atoms with Gasteiger partial charge in [0.25, 0.3) is 0 Å². The first-order chi connectivity index (χ1) is 16.3. The Balaban J connectivity index is 1.28. The van der Waals surface area contributed by atoms with Crippen molar-refractivity contribution in [1.29, 1.82) is 0 Å². The number of carbonyl (C=O) groups is 2. The van der Waals surface area contributed by atoms with Crippen molar-refractivity contribution in [2.75, 3.05) is 33.7 Å². The summed E-state index contributed by atoms with van der Waals surface area (Å²) < 4.78 is 5.54. The maximum absolute atomic E-state index is 12.9. The molecule has 0 aromatic heterocycles. The van der Waals surface area contributed by atoms with Gasteiger partial charge in [-0.1, -0.05) is 24.3 Å². The van der Waals surface area contributed by atoms with E-state index in [4.69, 9.17) is 4.74 Å². The molecule has 186 valence electrons. The molecule has 3 saturated heterocycles. The van der Waals surface area contributed by atoms with Crippen LogP contribution in [0.2, 0.25) is 0 Å². The molecule has 4 aliphatic heterocycles. The number of fused-ring (bicyclic) bond motifs is 4. The predicted molar refractivity (Wildman–Crippen MR) is 132 cm³/mol. The third-order valence-corrected chi connectivity index (χ3v) is 8.62. The van der Waals surface area contributed by atoms with Crippen molar-refractivity contribution in [1.82, 2.24) is 19.6 Å². The molecule has 0 saturated carbocycles. The summed E-state index contributed by atoms with van der Waals surface area (Å²) in [6.07, 6.45) is 6.26. The minimum absolute atomic E-state index is 0.0395. The van der Waals surface area contributed by atoms with E-state index in [9.17, 15) is 9.59 Å². The van der Waals surface area contributed by atoms with Crippen LogP contribution in [0.4, 0.5) is 9.59 Å². The summed E-state index contributed by atoms with van der Waals surface area (Å²) in [4.78, 5) is 34.0. The molecule has 0 radical (unpaired) electrons. The Morgan fingerprint density at radius 2 is 1.68 bits per heavy atom. The normalized spacial score (nSPS) is 28.2. The SMILES string of the molecule is CC(C)OC(=O)N1C2CCC1CC(N1CCC3(CC1)CN(C(=O)N(C)C)Cc1ccccc13)C2. The van der Waals surface area contributed by atoms with E-state index in [1.54, 1.807) is 4.90 Å². The second-order valence-electron chi connectivity index (χ2n) is 11.4. The minimum Gasteiger partial charge on any atom is -0.447 e. The second kappa shape index (κ2) is 9.06. The summed E-state index contributed by atoms with van der Waals surface area (Å²) in [5, 5.41) is 0. The lowest BCUT2D eigenvalue weighted by molar-refractivity contribution is 0.0128. The number of hydrogen-bond acceptors (Lipinski definition) is 4. The van der Waals surface area contributed by atoms with Gasteiger partial charge in [-0.25, -0.2) is 9.59 Å². The number of carbonyl (C=O) groups excluding carboxylic acids is 2. The summed E-state index contributed by atoms with van der Waals surface area (Å²) in [6.45, 7) is 7.46. The summed E-state index contributed by atoms with van der Waals surface area (Å²) in [6, 6.07) is 10.0. The molecule has 7 nitrogen and oxygen atoms in total. The van der Waals surface area contributed by atoms with Gasteiger partial charge in [-0.15, -0.1) is 0 Å². The van der Waals surface area contributed by atoms with Crippen LogP contribution in [0.15, 0.2) is 24.3 Å². The van der Waals surface area contributed by atoms with Crippen LogP contribution in [0.1, 0.15) is 63.5 Å². The molecular weight excluding hydrogens is 428 g/mol. The predicted octanol–water partition coefficient (Wildman–Crippen LogP) is 4.06. The maximum atomic E-state index is 12.9. The van der Waals surface area contributed by atoms with E-state index in [-0.39, 0.29) is 23.6 Å². The van der Waals surface area contributed by atoms with Gasteiger partial charge in [0.2, 0.25) is 0 Å². The van der Waals surface area contributed by atoms with E-state index in [0.29, 0.717) is 24.7 Å². The number of hydrogen-bond donors (Lipinski definition) is 0. The minimum atomic E-state index is -0.122. The van der Waals surface area contributed by atoms with Crippen molar-refractivity contribution in [3.63, 3.8) is 0 Å². The molecule has 7 heteroatoms. The lowest BCUT2D eigenvalue weighted by Crippen LogP contribution is -2.58.